The molecule has 2 N–H and O–H groups in total. The van der Waals surface area contributed by atoms with E-state index in [1.807, 2.05) is 0 Å². The number of ketones is 1. The molecule has 0 spiro atoms. The summed E-state index contributed by atoms with van der Waals surface area (Å²) in [6.45, 7) is 2.96. The Morgan fingerprint density at radius 1 is 1.10 bits per heavy atom. The van der Waals surface area contributed by atoms with Crippen molar-refractivity contribution in [1.82, 2.24) is 4.90 Å². The van der Waals surface area contributed by atoms with E-state index in [-0.39, 0.29) is 11.5 Å². The number of rotatable bonds is 9. The highest BCUT2D eigenvalue weighted by molar-refractivity contribution is 6.33. The van der Waals surface area contributed by atoms with E-state index in [2.05, 4.69) is 0 Å². The molecule has 0 radical (unpaired) electrons. The van der Waals surface area contributed by atoms with Gasteiger partial charge in [-0.15, -0.1) is 0 Å². The molecule has 2 unspecified atom stereocenters. The SMILES string of the molecule is CC(C)(C)OC(=O)N(CO)C(CCC(=O)C(=O)OCc1ccccc1)C(O)C(F)(F)F. The summed E-state index contributed by atoms with van der Waals surface area (Å²) in [5.41, 5.74) is -0.486. The molecule has 1 rings (SSSR count). The van der Waals surface area contributed by atoms with Crippen LogP contribution in [0.4, 0.5) is 18.0 Å². The van der Waals surface area contributed by atoms with Gasteiger partial charge in [-0.25, -0.2) is 9.59 Å². The van der Waals surface area contributed by atoms with Crippen LogP contribution in [0.2, 0.25) is 0 Å². The first-order valence-electron chi connectivity index (χ1n) is 9.35. The maximum absolute atomic E-state index is 13.1. The molecule has 11 heteroatoms. The number of aliphatic hydroxyl groups is 2. The Kier molecular flexibility index (Phi) is 9.44. The van der Waals surface area contributed by atoms with Crippen molar-refractivity contribution < 1.29 is 47.2 Å². The molecular formula is C20H26F3NO7. The smallest absolute Gasteiger partial charge is 0.416 e. The molecule has 0 saturated heterocycles. The van der Waals surface area contributed by atoms with Gasteiger partial charge in [0.2, 0.25) is 5.78 Å². The highest BCUT2D eigenvalue weighted by atomic mass is 19.4. The number of aliphatic hydroxyl groups excluding tert-OH is 2. The number of Topliss-reactive ketones (excluding diaryl/α,β-unsaturated/α-hetero) is 1. The van der Waals surface area contributed by atoms with Crippen molar-refractivity contribution in [2.45, 2.75) is 64.1 Å². The van der Waals surface area contributed by atoms with Gasteiger partial charge in [0.15, 0.2) is 6.10 Å². The van der Waals surface area contributed by atoms with Gasteiger partial charge in [-0.05, 0) is 32.8 Å². The summed E-state index contributed by atoms with van der Waals surface area (Å²) in [5.74, 6) is -2.41. The summed E-state index contributed by atoms with van der Waals surface area (Å²) in [6, 6.07) is 6.34. The van der Waals surface area contributed by atoms with Gasteiger partial charge in [0.05, 0.1) is 6.04 Å². The van der Waals surface area contributed by atoms with Crippen LogP contribution in [0.25, 0.3) is 0 Å². The number of carbonyl (C=O) groups is 3. The zero-order valence-corrected chi connectivity index (χ0v) is 17.4. The van der Waals surface area contributed by atoms with Gasteiger partial charge in [-0.2, -0.15) is 13.2 Å². The minimum absolute atomic E-state index is 0.208. The number of carbonyl (C=O) groups excluding carboxylic acids is 3. The molecule has 0 aromatic heterocycles. The normalized spacial score (nSPS) is 13.8. The van der Waals surface area contributed by atoms with Crippen molar-refractivity contribution in [2.75, 3.05) is 6.73 Å². The minimum Gasteiger partial charge on any atom is -0.455 e. The Morgan fingerprint density at radius 3 is 2.16 bits per heavy atom. The fraction of sp³-hybridized carbons (Fsp3) is 0.550. The van der Waals surface area contributed by atoms with E-state index >= 15 is 0 Å². The van der Waals surface area contributed by atoms with Gasteiger partial charge in [0.25, 0.3) is 0 Å². The van der Waals surface area contributed by atoms with Gasteiger partial charge >= 0.3 is 18.2 Å². The Labute approximate surface area is 177 Å². The van der Waals surface area contributed by atoms with Crippen molar-refractivity contribution >= 4 is 17.8 Å². The third kappa shape index (κ3) is 8.93. The first-order valence-corrected chi connectivity index (χ1v) is 9.35. The molecule has 31 heavy (non-hydrogen) atoms. The molecule has 0 heterocycles. The average molecular weight is 449 g/mol. The predicted molar refractivity (Wildman–Crippen MR) is 101 cm³/mol. The van der Waals surface area contributed by atoms with E-state index in [0.29, 0.717) is 5.56 Å². The average Bonchev–Trinajstić information content (AvgIpc) is 2.67. The van der Waals surface area contributed by atoms with Gasteiger partial charge in [0.1, 0.15) is 18.9 Å². The molecule has 0 aliphatic heterocycles. The lowest BCUT2D eigenvalue weighted by Gasteiger charge is -2.35. The van der Waals surface area contributed by atoms with Gasteiger partial charge in [-0.1, -0.05) is 30.3 Å². The van der Waals surface area contributed by atoms with Crippen LogP contribution in [0.5, 0.6) is 0 Å². The third-order valence-electron chi connectivity index (χ3n) is 3.99. The number of ether oxygens (including phenoxy) is 2. The molecule has 0 bridgehead atoms. The second kappa shape index (κ2) is 11.1. The largest absolute Gasteiger partial charge is 0.455 e. The van der Waals surface area contributed by atoms with Crippen LogP contribution in [0.1, 0.15) is 39.2 Å². The van der Waals surface area contributed by atoms with Crippen LogP contribution >= 0.6 is 0 Å². The van der Waals surface area contributed by atoms with Crippen LogP contribution in [0.3, 0.4) is 0 Å². The quantitative estimate of drug-likeness (QED) is 0.338. The maximum atomic E-state index is 13.1. The molecule has 0 fully saturated rings. The van der Waals surface area contributed by atoms with E-state index in [9.17, 15) is 37.8 Å². The topological polar surface area (TPSA) is 113 Å². The van der Waals surface area contributed by atoms with Crippen molar-refractivity contribution in [1.29, 1.82) is 0 Å². The molecule has 0 aliphatic carbocycles. The number of esters is 1. The number of hydrogen-bond donors (Lipinski definition) is 2. The highest BCUT2D eigenvalue weighted by Gasteiger charge is 2.47. The Balaban J connectivity index is 2.85. The zero-order chi connectivity index (χ0) is 23.8. The highest BCUT2D eigenvalue weighted by Crippen LogP contribution is 2.28. The van der Waals surface area contributed by atoms with E-state index in [0.717, 1.165) is 0 Å². The van der Waals surface area contributed by atoms with Gasteiger partial charge in [0, 0.05) is 6.42 Å². The second-order valence-corrected chi connectivity index (χ2v) is 7.67. The van der Waals surface area contributed by atoms with Gasteiger partial charge in [-0.3, -0.25) is 9.69 Å². The van der Waals surface area contributed by atoms with Crippen LogP contribution in [-0.2, 0) is 25.7 Å². The van der Waals surface area contributed by atoms with Crippen molar-refractivity contribution in [3.8, 4) is 0 Å². The molecule has 0 saturated carbocycles. The first-order chi connectivity index (χ1) is 14.3. The summed E-state index contributed by atoms with van der Waals surface area (Å²) in [7, 11) is 0. The van der Waals surface area contributed by atoms with Crippen molar-refractivity contribution in [3.63, 3.8) is 0 Å². The Hall–Kier alpha value is -2.66. The van der Waals surface area contributed by atoms with Crippen LogP contribution in [-0.4, -0.2) is 63.6 Å². The van der Waals surface area contributed by atoms with Crippen LogP contribution < -0.4 is 0 Å². The van der Waals surface area contributed by atoms with E-state index in [4.69, 9.17) is 9.47 Å². The lowest BCUT2D eigenvalue weighted by atomic mass is 10.0. The standard InChI is InChI=1S/C20H26F3NO7/c1-19(2,3)31-18(29)24(12-25)14(16(27)20(21,22)23)9-10-15(26)17(28)30-11-13-7-5-4-6-8-13/h4-8,14,16,25,27H,9-12H2,1-3H3. The van der Waals surface area contributed by atoms with E-state index < -0.39 is 61.3 Å². The summed E-state index contributed by atoms with van der Waals surface area (Å²) in [4.78, 5) is 36.3. The summed E-state index contributed by atoms with van der Waals surface area (Å²) >= 11 is 0. The second-order valence-electron chi connectivity index (χ2n) is 7.67. The monoisotopic (exact) mass is 449 g/mol. The van der Waals surface area contributed by atoms with Crippen molar-refractivity contribution in [2.24, 2.45) is 0 Å². The first kappa shape index (κ1) is 26.4. The predicted octanol–water partition coefficient (Wildman–Crippen LogP) is 2.56. The summed E-state index contributed by atoms with van der Waals surface area (Å²) in [5, 5.41) is 19.1. The van der Waals surface area contributed by atoms with E-state index in [1.165, 1.54) is 20.8 Å². The number of amides is 1. The molecule has 0 aliphatic rings. The number of nitrogens with zero attached hydrogens (tertiary/aromatic N) is 1. The lowest BCUT2D eigenvalue weighted by molar-refractivity contribution is -0.223. The van der Waals surface area contributed by atoms with Gasteiger partial charge < -0.3 is 19.7 Å². The fourth-order valence-corrected chi connectivity index (χ4v) is 2.51. The summed E-state index contributed by atoms with van der Waals surface area (Å²) < 4.78 is 49.1. The minimum atomic E-state index is -5.16. The van der Waals surface area contributed by atoms with Crippen molar-refractivity contribution in [3.05, 3.63) is 35.9 Å². The number of hydrogen-bond acceptors (Lipinski definition) is 7. The molecule has 1 amide bonds. The van der Waals surface area contributed by atoms with Crippen LogP contribution in [0.15, 0.2) is 30.3 Å². The fourth-order valence-electron chi connectivity index (χ4n) is 2.51. The number of alkyl halides is 3. The molecule has 1 aromatic carbocycles. The zero-order valence-electron chi connectivity index (χ0n) is 17.4. The van der Waals surface area contributed by atoms with Crippen LogP contribution in [0, 0.1) is 0 Å². The Bertz CT molecular complexity index is 747. The number of halogens is 3. The number of benzene rings is 1. The molecule has 8 nitrogen and oxygen atoms in total. The van der Waals surface area contributed by atoms with E-state index in [1.54, 1.807) is 30.3 Å². The molecule has 1 aromatic rings. The Morgan fingerprint density at radius 2 is 1.68 bits per heavy atom. The molecular weight excluding hydrogens is 423 g/mol. The molecule has 2 atom stereocenters. The lowest BCUT2D eigenvalue weighted by Crippen LogP contribution is -2.54. The summed E-state index contributed by atoms with van der Waals surface area (Å²) in [6.07, 6.45) is -11.1. The maximum Gasteiger partial charge on any atom is 0.416 e. The third-order valence-corrected chi connectivity index (χ3v) is 3.99. The molecule has 174 valence electrons.